The number of aryl methyl sites for hydroxylation is 2. The number of nitrogens with one attached hydrogen (secondary N) is 1. The predicted molar refractivity (Wildman–Crippen MR) is 72.3 cm³/mol. The molecular formula is C12H14FN3O3S. The molecule has 1 aromatic carbocycles. The van der Waals surface area contributed by atoms with E-state index in [1.54, 1.807) is 6.92 Å². The molecule has 2 rings (SSSR count). The van der Waals surface area contributed by atoms with Gasteiger partial charge in [0, 0.05) is 6.07 Å². The maximum atomic E-state index is 13.5. The van der Waals surface area contributed by atoms with Crippen molar-refractivity contribution >= 4 is 21.6 Å². The molecule has 0 atom stereocenters. The van der Waals surface area contributed by atoms with Crippen LogP contribution in [0.4, 0.5) is 16.0 Å². The van der Waals surface area contributed by atoms with Crippen molar-refractivity contribution < 1.29 is 17.3 Å². The molecule has 0 saturated heterocycles. The zero-order valence-corrected chi connectivity index (χ0v) is 12.0. The topological polar surface area (TPSA) is 98.2 Å². The van der Waals surface area contributed by atoms with Crippen LogP contribution in [0.3, 0.4) is 0 Å². The van der Waals surface area contributed by atoms with E-state index < -0.39 is 15.8 Å². The third-order valence-corrected chi connectivity index (χ3v) is 4.47. The molecule has 0 amide bonds. The first-order chi connectivity index (χ1) is 9.22. The van der Waals surface area contributed by atoms with Crippen LogP contribution in [0, 0.1) is 26.6 Å². The minimum atomic E-state index is -3.93. The summed E-state index contributed by atoms with van der Waals surface area (Å²) in [6.07, 6.45) is 0. The Morgan fingerprint density at radius 1 is 1.30 bits per heavy atom. The smallest absolute Gasteiger partial charge is 0.264 e. The number of sulfonamides is 1. The number of hydrogen-bond donors (Lipinski definition) is 2. The maximum Gasteiger partial charge on any atom is 0.264 e. The number of aromatic nitrogens is 1. The fraction of sp³-hybridized carbons (Fsp3) is 0.250. The van der Waals surface area contributed by atoms with Crippen molar-refractivity contribution in [1.29, 1.82) is 0 Å². The van der Waals surface area contributed by atoms with E-state index in [1.165, 1.54) is 19.9 Å². The van der Waals surface area contributed by atoms with Crippen LogP contribution in [0.1, 0.15) is 16.8 Å². The standard InChI is InChI=1S/C12H14FN3O3S/c1-6-4-9(13)11(14)8(3)12(6)20(17,18)16-10-5-7(2)15-19-10/h4-5,16H,14H2,1-3H3. The van der Waals surface area contributed by atoms with E-state index in [2.05, 4.69) is 9.88 Å². The summed E-state index contributed by atoms with van der Waals surface area (Å²) in [6, 6.07) is 2.53. The molecule has 0 saturated carbocycles. The number of nitrogens with zero attached hydrogens (tertiary/aromatic N) is 1. The van der Waals surface area contributed by atoms with Gasteiger partial charge in [-0.25, -0.2) is 17.5 Å². The molecule has 1 heterocycles. The van der Waals surface area contributed by atoms with Gasteiger partial charge in [0.25, 0.3) is 10.0 Å². The maximum absolute atomic E-state index is 13.5. The number of benzene rings is 1. The summed E-state index contributed by atoms with van der Waals surface area (Å²) in [6.45, 7) is 4.61. The number of halogens is 1. The third kappa shape index (κ3) is 2.46. The van der Waals surface area contributed by atoms with Crippen molar-refractivity contribution in [3.05, 3.63) is 34.8 Å². The van der Waals surface area contributed by atoms with Crippen LogP contribution in [-0.4, -0.2) is 13.6 Å². The zero-order chi connectivity index (χ0) is 15.1. The molecule has 0 fully saturated rings. The first-order valence-electron chi connectivity index (χ1n) is 5.73. The summed E-state index contributed by atoms with van der Waals surface area (Å²) in [5.41, 5.74) is 6.31. The van der Waals surface area contributed by atoms with Gasteiger partial charge in [-0.15, -0.1) is 0 Å². The molecule has 6 nitrogen and oxygen atoms in total. The Morgan fingerprint density at radius 2 is 1.95 bits per heavy atom. The van der Waals surface area contributed by atoms with Gasteiger partial charge in [0.1, 0.15) is 5.82 Å². The second-order valence-electron chi connectivity index (χ2n) is 4.48. The summed E-state index contributed by atoms with van der Waals surface area (Å²) < 4.78 is 45.2. The number of hydrogen-bond acceptors (Lipinski definition) is 5. The van der Waals surface area contributed by atoms with E-state index in [-0.39, 0.29) is 27.6 Å². The van der Waals surface area contributed by atoms with Gasteiger partial charge >= 0.3 is 0 Å². The first-order valence-corrected chi connectivity index (χ1v) is 7.22. The summed E-state index contributed by atoms with van der Waals surface area (Å²) >= 11 is 0. The van der Waals surface area contributed by atoms with Gasteiger partial charge in [-0.1, -0.05) is 5.16 Å². The molecule has 8 heteroatoms. The molecule has 0 radical (unpaired) electrons. The highest BCUT2D eigenvalue weighted by Gasteiger charge is 2.24. The van der Waals surface area contributed by atoms with Gasteiger partial charge in [-0.2, -0.15) is 0 Å². The normalized spacial score (nSPS) is 11.6. The van der Waals surface area contributed by atoms with Gasteiger partial charge in [0.15, 0.2) is 0 Å². The monoisotopic (exact) mass is 299 g/mol. The Hall–Kier alpha value is -2.09. The molecule has 0 aliphatic heterocycles. The highest BCUT2D eigenvalue weighted by atomic mass is 32.2. The summed E-state index contributed by atoms with van der Waals surface area (Å²) in [7, 11) is -3.93. The molecule has 20 heavy (non-hydrogen) atoms. The van der Waals surface area contributed by atoms with Crippen molar-refractivity contribution in [1.82, 2.24) is 5.16 Å². The van der Waals surface area contributed by atoms with Crippen LogP contribution in [-0.2, 0) is 10.0 Å². The molecule has 0 aliphatic carbocycles. The zero-order valence-electron chi connectivity index (χ0n) is 11.2. The van der Waals surface area contributed by atoms with Crippen LogP contribution in [0.5, 0.6) is 0 Å². The van der Waals surface area contributed by atoms with E-state index >= 15 is 0 Å². The molecule has 0 spiro atoms. The van der Waals surface area contributed by atoms with E-state index in [0.29, 0.717) is 5.69 Å². The molecule has 1 aromatic heterocycles. The van der Waals surface area contributed by atoms with Crippen LogP contribution in [0.15, 0.2) is 21.6 Å². The number of nitrogens with two attached hydrogens (primary N) is 1. The molecule has 0 bridgehead atoms. The quantitative estimate of drug-likeness (QED) is 0.846. The summed E-state index contributed by atoms with van der Waals surface area (Å²) in [5, 5.41) is 3.58. The lowest BCUT2D eigenvalue weighted by atomic mass is 10.1. The number of nitrogen functional groups attached to an aromatic ring is 1. The lowest BCUT2D eigenvalue weighted by Gasteiger charge is -2.13. The van der Waals surface area contributed by atoms with E-state index in [4.69, 9.17) is 10.3 Å². The van der Waals surface area contributed by atoms with Crippen molar-refractivity contribution in [3.63, 3.8) is 0 Å². The van der Waals surface area contributed by atoms with Gasteiger partial charge < -0.3 is 10.3 Å². The average molecular weight is 299 g/mol. The SMILES string of the molecule is Cc1cc(NS(=O)(=O)c2c(C)cc(F)c(N)c2C)on1. The minimum absolute atomic E-state index is 0.0100. The minimum Gasteiger partial charge on any atom is -0.396 e. The predicted octanol–water partition coefficient (Wildman–Crippen LogP) is 2.12. The Morgan fingerprint density at radius 3 is 2.50 bits per heavy atom. The molecule has 2 aromatic rings. The lowest BCUT2D eigenvalue weighted by Crippen LogP contribution is -2.16. The van der Waals surface area contributed by atoms with Crippen molar-refractivity contribution in [2.45, 2.75) is 25.7 Å². The van der Waals surface area contributed by atoms with Gasteiger partial charge in [-0.05, 0) is 38.0 Å². The average Bonchev–Trinajstić information content (AvgIpc) is 2.70. The fourth-order valence-electron chi connectivity index (χ4n) is 1.94. The van der Waals surface area contributed by atoms with Crippen molar-refractivity contribution in [3.8, 4) is 0 Å². The van der Waals surface area contributed by atoms with Gasteiger partial charge in [0.2, 0.25) is 5.88 Å². The third-order valence-electron chi connectivity index (χ3n) is 2.83. The van der Waals surface area contributed by atoms with Gasteiger partial charge in [0.05, 0.1) is 16.3 Å². The molecule has 0 aliphatic rings. The van der Waals surface area contributed by atoms with E-state index in [0.717, 1.165) is 6.07 Å². The second kappa shape index (κ2) is 4.78. The number of rotatable bonds is 3. The van der Waals surface area contributed by atoms with Gasteiger partial charge in [-0.3, -0.25) is 0 Å². The van der Waals surface area contributed by atoms with Crippen LogP contribution in [0.2, 0.25) is 0 Å². The molecule has 3 N–H and O–H groups in total. The first kappa shape index (κ1) is 14.3. The fourth-order valence-corrected chi connectivity index (χ4v) is 3.40. The van der Waals surface area contributed by atoms with Crippen LogP contribution in [0.25, 0.3) is 0 Å². The Balaban J connectivity index is 2.52. The number of anilines is 2. The highest BCUT2D eigenvalue weighted by molar-refractivity contribution is 7.92. The Kier molecular flexibility index (Phi) is 3.43. The second-order valence-corrected chi connectivity index (χ2v) is 6.10. The van der Waals surface area contributed by atoms with E-state index in [1.807, 2.05) is 0 Å². The van der Waals surface area contributed by atoms with Crippen LogP contribution >= 0.6 is 0 Å². The molecule has 108 valence electrons. The Bertz CT molecular complexity index is 768. The molecular weight excluding hydrogens is 285 g/mol. The van der Waals surface area contributed by atoms with E-state index in [9.17, 15) is 12.8 Å². The largest absolute Gasteiger partial charge is 0.396 e. The molecule has 0 unspecified atom stereocenters. The summed E-state index contributed by atoms with van der Waals surface area (Å²) in [5.74, 6) is -0.654. The summed E-state index contributed by atoms with van der Waals surface area (Å²) in [4.78, 5) is -0.0644. The van der Waals surface area contributed by atoms with Crippen molar-refractivity contribution in [2.24, 2.45) is 0 Å². The van der Waals surface area contributed by atoms with Crippen molar-refractivity contribution in [2.75, 3.05) is 10.5 Å². The Labute approximate surface area is 115 Å². The lowest BCUT2D eigenvalue weighted by molar-refractivity contribution is 0.430. The van der Waals surface area contributed by atoms with Crippen LogP contribution < -0.4 is 10.5 Å². The highest BCUT2D eigenvalue weighted by Crippen LogP contribution is 2.29.